The minimum absolute atomic E-state index is 0.316. The zero-order valence-corrected chi connectivity index (χ0v) is 13.4. The van der Waals surface area contributed by atoms with Crippen molar-refractivity contribution < 1.29 is 14.3 Å². The summed E-state index contributed by atoms with van der Waals surface area (Å²) < 4.78 is 4.70. The smallest absolute Gasteiger partial charge is 0.337 e. The van der Waals surface area contributed by atoms with Gasteiger partial charge in [0.05, 0.1) is 12.7 Å². The number of methoxy groups -OCH3 is 1. The molecule has 0 heterocycles. The summed E-state index contributed by atoms with van der Waals surface area (Å²) in [7, 11) is 1.37. The summed E-state index contributed by atoms with van der Waals surface area (Å²) in [5, 5.41) is 0. The fourth-order valence-electron chi connectivity index (χ4n) is 2.68. The normalized spacial score (nSPS) is 11.7. The lowest BCUT2D eigenvalue weighted by atomic mass is 9.90. The first kappa shape index (κ1) is 16.9. The summed E-state index contributed by atoms with van der Waals surface area (Å²) in [6, 6.07) is 17.7. The molecule has 0 aliphatic rings. The molecule has 0 spiro atoms. The molecule has 0 saturated heterocycles. The molecule has 1 unspecified atom stereocenters. The topological polar surface area (TPSA) is 43.4 Å². The van der Waals surface area contributed by atoms with Crippen LogP contribution in [0.2, 0.25) is 0 Å². The van der Waals surface area contributed by atoms with Gasteiger partial charge in [-0.2, -0.15) is 0 Å². The van der Waals surface area contributed by atoms with Crippen molar-refractivity contribution in [1.82, 2.24) is 0 Å². The number of esters is 1. The first-order chi connectivity index (χ1) is 11.2. The molecule has 0 radical (unpaired) electrons. The summed E-state index contributed by atoms with van der Waals surface area (Å²) in [6.07, 6.45) is 4.35. The monoisotopic (exact) mass is 310 g/mol. The van der Waals surface area contributed by atoms with Crippen LogP contribution in [-0.4, -0.2) is 19.4 Å². The molecule has 0 fully saturated rings. The molecule has 0 aliphatic carbocycles. The van der Waals surface area contributed by atoms with Crippen molar-refractivity contribution in [3.8, 4) is 0 Å². The number of ether oxygens (including phenoxy) is 1. The summed E-state index contributed by atoms with van der Waals surface area (Å²) >= 11 is 0. The lowest BCUT2D eigenvalue weighted by Crippen LogP contribution is -2.08. The molecule has 0 amide bonds. The van der Waals surface area contributed by atoms with Gasteiger partial charge < -0.3 is 9.53 Å². The van der Waals surface area contributed by atoms with Gasteiger partial charge in [0.25, 0.3) is 0 Å². The van der Waals surface area contributed by atoms with Gasteiger partial charge >= 0.3 is 5.97 Å². The van der Waals surface area contributed by atoms with E-state index in [4.69, 9.17) is 4.74 Å². The maximum Gasteiger partial charge on any atom is 0.337 e. The van der Waals surface area contributed by atoms with E-state index in [0.29, 0.717) is 17.9 Å². The van der Waals surface area contributed by atoms with E-state index in [1.807, 2.05) is 30.3 Å². The lowest BCUT2D eigenvalue weighted by Gasteiger charge is -2.14. The predicted molar refractivity (Wildman–Crippen MR) is 90.4 cm³/mol. The molecule has 0 aliphatic heterocycles. The van der Waals surface area contributed by atoms with Crippen molar-refractivity contribution in [2.45, 2.75) is 25.7 Å². The zero-order chi connectivity index (χ0) is 16.5. The van der Waals surface area contributed by atoms with Crippen molar-refractivity contribution in [2.24, 2.45) is 5.92 Å². The van der Waals surface area contributed by atoms with Crippen LogP contribution in [0.1, 0.15) is 34.3 Å². The van der Waals surface area contributed by atoms with Crippen LogP contribution in [0.4, 0.5) is 0 Å². The Kier molecular flexibility index (Phi) is 6.55. The van der Waals surface area contributed by atoms with E-state index in [9.17, 15) is 9.59 Å². The third-order valence-corrected chi connectivity index (χ3v) is 4.01. The molecule has 0 saturated carbocycles. The molecular formula is C20H22O3. The van der Waals surface area contributed by atoms with E-state index in [1.54, 1.807) is 12.1 Å². The van der Waals surface area contributed by atoms with Crippen LogP contribution in [0.15, 0.2) is 54.6 Å². The van der Waals surface area contributed by atoms with Crippen molar-refractivity contribution in [3.05, 3.63) is 71.3 Å². The highest BCUT2D eigenvalue weighted by Gasteiger charge is 2.11. The van der Waals surface area contributed by atoms with E-state index < -0.39 is 0 Å². The van der Waals surface area contributed by atoms with Crippen molar-refractivity contribution in [2.75, 3.05) is 7.11 Å². The Bertz CT molecular complexity index is 617. The largest absolute Gasteiger partial charge is 0.465 e. The molecule has 2 rings (SSSR count). The Labute approximate surface area is 137 Å². The average Bonchev–Trinajstić information content (AvgIpc) is 2.61. The maximum atomic E-state index is 11.4. The van der Waals surface area contributed by atoms with Crippen LogP contribution < -0.4 is 0 Å². The highest BCUT2D eigenvalue weighted by Crippen LogP contribution is 2.19. The van der Waals surface area contributed by atoms with Crippen molar-refractivity contribution >= 4 is 12.3 Å². The van der Waals surface area contributed by atoms with Gasteiger partial charge in [0.2, 0.25) is 0 Å². The Morgan fingerprint density at radius 1 is 1.04 bits per heavy atom. The first-order valence-corrected chi connectivity index (χ1v) is 7.87. The third-order valence-electron chi connectivity index (χ3n) is 4.01. The van der Waals surface area contributed by atoms with Crippen molar-refractivity contribution in [3.63, 3.8) is 0 Å². The number of benzene rings is 2. The molecule has 3 nitrogen and oxygen atoms in total. The molecule has 3 heteroatoms. The van der Waals surface area contributed by atoms with Gasteiger partial charge in [-0.3, -0.25) is 0 Å². The quantitative estimate of drug-likeness (QED) is 0.549. The highest BCUT2D eigenvalue weighted by atomic mass is 16.5. The Morgan fingerprint density at radius 3 is 2.35 bits per heavy atom. The Morgan fingerprint density at radius 2 is 1.74 bits per heavy atom. The number of hydrogen-bond acceptors (Lipinski definition) is 3. The zero-order valence-electron chi connectivity index (χ0n) is 13.4. The van der Waals surface area contributed by atoms with Crippen molar-refractivity contribution in [1.29, 1.82) is 0 Å². The molecule has 120 valence electrons. The molecule has 0 aromatic heterocycles. The fraction of sp³-hybridized carbons (Fsp3) is 0.300. The number of aryl methyl sites for hydroxylation is 1. The maximum absolute atomic E-state index is 11.4. The van der Waals surface area contributed by atoms with E-state index in [1.165, 1.54) is 12.7 Å². The molecule has 0 N–H and O–H groups in total. The Balaban J connectivity index is 1.95. The minimum Gasteiger partial charge on any atom is -0.465 e. The lowest BCUT2D eigenvalue weighted by molar-refractivity contribution is -0.108. The van der Waals surface area contributed by atoms with Gasteiger partial charge in [-0.25, -0.2) is 4.79 Å². The summed E-state index contributed by atoms with van der Waals surface area (Å²) in [4.78, 5) is 22.4. The third kappa shape index (κ3) is 5.37. The molecule has 2 aromatic rings. The molecule has 1 atom stereocenters. The van der Waals surface area contributed by atoms with Crippen LogP contribution in [0.3, 0.4) is 0 Å². The van der Waals surface area contributed by atoms with Crippen LogP contribution in [-0.2, 0) is 22.4 Å². The number of hydrogen-bond donors (Lipinski definition) is 0. The molecule has 2 aromatic carbocycles. The van der Waals surface area contributed by atoms with Crippen LogP contribution in [0.5, 0.6) is 0 Å². The van der Waals surface area contributed by atoms with Gasteiger partial charge in [0, 0.05) is 6.42 Å². The van der Waals surface area contributed by atoms with Gasteiger partial charge in [-0.05, 0) is 48.4 Å². The second-order valence-electron chi connectivity index (χ2n) is 5.69. The standard InChI is InChI=1S/C20H22O3/c1-23-20(22)19-11-9-17(10-12-19)15-18(13-14-21)8-7-16-5-3-2-4-6-16/h2-6,9-12,14,18H,7-8,13,15H2,1H3. The Hall–Kier alpha value is -2.42. The van der Waals surface area contributed by atoms with Gasteiger partial charge in [0.1, 0.15) is 6.29 Å². The average molecular weight is 310 g/mol. The van der Waals surface area contributed by atoms with Gasteiger partial charge in [-0.15, -0.1) is 0 Å². The van der Waals surface area contributed by atoms with E-state index >= 15 is 0 Å². The summed E-state index contributed by atoms with van der Waals surface area (Å²) in [6.45, 7) is 0. The number of carbonyl (C=O) groups is 2. The van der Waals surface area contributed by atoms with Gasteiger partial charge in [0.15, 0.2) is 0 Å². The van der Waals surface area contributed by atoms with Crippen LogP contribution >= 0.6 is 0 Å². The first-order valence-electron chi connectivity index (χ1n) is 7.87. The number of rotatable bonds is 8. The summed E-state index contributed by atoms with van der Waals surface area (Å²) in [5.41, 5.74) is 2.98. The SMILES string of the molecule is COC(=O)c1ccc(CC(CC=O)CCc2ccccc2)cc1. The second-order valence-corrected chi connectivity index (χ2v) is 5.69. The molecular weight excluding hydrogens is 288 g/mol. The molecule has 0 bridgehead atoms. The van der Waals surface area contributed by atoms with E-state index in [2.05, 4.69) is 12.1 Å². The minimum atomic E-state index is -0.329. The van der Waals surface area contributed by atoms with Crippen LogP contribution in [0.25, 0.3) is 0 Å². The highest BCUT2D eigenvalue weighted by molar-refractivity contribution is 5.89. The predicted octanol–water partition coefficient (Wildman–Crippen LogP) is 3.85. The second kappa shape index (κ2) is 8.89. The molecule has 23 heavy (non-hydrogen) atoms. The fourth-order valence-corrected chi connectivity index (χ4v) is 2.68. The number of carbonyl (C=O) groups excluding carboxylic acids is 2. The van der Waals surface area contributed by atoms with E-state index in [0.717, 1.165) is 31.1 Å². The van der Waals surface area contributed by atoms with Gasteiger partial charge in [-0.1, -0.05) is 42.5 Å². The number of aldehydes is 1. The van der Waals surface area contributed by atoms with E-state index in [-0.39, 0.29) is 5.97 Å². The summed E-state index contributed by atoms with van der Waals surface area (Å²) in [5.74, 6) is -0.0123. The van der Waals surface area contributed by atoms with Crippen LogP contribution in [0, 0.1) is 5.92 Å².